The molecule has 0 heterocycles. The molecule has 0 aliphatic carbocycles. The van der Waals surface area contributed by atoms with E-state index in [4.69, 9.17) is 5.11 Å². The van der Waals surface area contributed by atoms with Crippen LogP contribution in [-0.2, 0) is 10.1 Å². The van der Waals surface area contributed by atoms with E-state index in [0.717, 1.165) is 19.3 Å². The fraction of sp³-hybridized carbons (Fsp3) is 1.00. The van der Waals surface area contributed by atoms with E-state index >= 15 is 0 Å². The Kier molecular flexibility index (Phi) is 20.1. The Balaban J connectivity index is 0. The zero-order valence-corrected chi connectivity index (χ0v) is 18.1. The molecule has 0 aliphatic heterocycles. The van der Waals surface area contributed by atoms with Crippen molar-refractivity contribution in [2.45, 2.75) is 102 Å². The van der Waals surface area contributed by atoms with Gasteiger partial charge in [0.2, 0.25) is 0 Å². The average Bonchev–Trinajstić information content (AvgIpc) is 2.46. The molecule has 0 aliphatic rings. The summed E-state index contributed by atoms with van der Waals surface area (Å²) in [6, 6.07) is 0. The second-order valence-electron chi connectivity index (χ2n) is 6.30. The van der Waals surface area contributed by atoms with E-state index in [1.54, 1.807) is 0 Å². The molecule has 0 aromatic rings. The summed E-state index contributed by atoms with van der Waals surface area (Å²) in [7, 11) is -4.25. The third kappa shape index (κ3) is 17.5. The molecule has 0 spiro atoms. The summed E-state index contributed by atoms with van der Waals surface area (Å²) >= 11 is 0. The molecule has 0 rings (SSSR count). The van der Waals surface area contributed by atoms with Crippen LogP contribution >= 0.6 is 0 Å². The molecule has 0 fully saturated rings. The topological polar surface area (TPSA) is 77.4 Å². The number of hydrogen-bond donors (Lipinski definition) is 1. The van der Waals surface area contributed by atoms with Crippen LogP contribution in [0.2, 0.25) is 0 Å². The third-order valence-corrected chi connectivity index (χ3v) is 5.53. The molecule has 1 unspecified atom stereocenters. The van der Waals surface area contributed by atoms with Crippen molar-refractivity contribution in [2.24, 2.45) is 0 Å². The van der Waals surface area contributed by atoms with Gasteiger partial charge in [-0.05, 0) is 12.8 Å². The van der Waals surface area contributed by atoms with Crippen molar-refractivity contribution in [1.29, 1.82) is 0 Å². The van der Waals surface area contributed by atoms with E-state index in [2.05, 4.69) is 6.92 Å². The normalized spacial score (nSPS) is 12.8. The molecule has 0 bridgehead atoms. The summed E-state index contributed by atoms with van der Waals surface area (Å²) in [5.41, 5.74) is 0. The molecule has 134 valence electrons. The van der Waals surface area contributed by atoms with Crippen LogP contribution in [-0.4, -0.2) is 29.9 Å². The predicted octanol–water partition coefficient (Wildman–Crippen LogP) is 1.38. The van der Waals surface area contributed by atoms with Gasteiger partial charge in [-0.3, -0.25) is 0 Å². The molecule has 0 aromatic heterocycles. The Bertz CT molecular complexity index is 333. The first kappa shape index (κ1) is 26.1. The molecule has 6 heteroatoms. The molecule has 1 atom stereocenters. The van der Waals surface area contributed by atoms with Crippen molar-refractivity contribution in [2.75, 3.05) is 6.61 Å². The molecule has 23 heavy (non-hydrogen) atoms. The summed E-state index contributed by atoms with van der Waals surface area (Å²) in [5, 5.41) is 7.89. The van der Waals surface area contributed by atoms with Crippen LogP contribution in [0, 0.1) is 0 Å². The second kappa shape index (κ2) is 17.7. The summed E-state index contributed by atoms with van der Waals surface area (Å²) in [6.45, 7) is 2.00. The summed E-state index contributed by atoms with van der Waals surface area (Å²) < 4.78 is 33.0. The molecule has 0 saturated carbocycles. The fourth-order valence-electron chi connectivity index (χ4n) is 2.79. The third-order valence-electron chi connectivity index (χ3n) is 4.24. The summed E-state index contributed by atoms with van der Waals surface area (Å²) in [5.74, 6) is 0. The molecule has 0 radical (unpaired) electrons. The van der Waals surface area contributed by atoms with Gasteiger partial charge in [0.05, 0.1) is 15.4 Å². The van der Waals surface area contributed by atoms with Gasteiger partial charge in [-0.1, -0.05) is 84.0 Å². The van der Waals surface area contributed by atoms with E-state index in [0.29, 0.717) is 6.42 Å². The van der Waals surface area contributed by atoms with Gasteiger partial charge in [-0.25, -0.2) is 8.42 Å². The maximum absolute atomic E-state index is 11.0. The molecule has 4 nitrogen and oxygen atoms in total. The van der Waals surface area contributed by atoms with Gasteiger partial charge in [0, 0.05) is 6.61 Å². The largest absolute Gasteiger partial charge is 1.00 e. The van der Waals surface area contributed by atoms with E-state index < -0.39 is 15.4 Å². The number of hydrogen-bond acceptors (Lipinski definition) is 4. The molecule has 1 N–H and O–H groups in total. The van der Waals surface area contributed by atoms with Gasteiger partial charge in [-0.15, -0.1) is 0 Å². The van der Waals surface area contributed by atoms with Crippen LogP contribution in [0.25, 0.3) is 0 Å². The van der Waals surface area contributed by atoms with Crippen LogP contribution in [0.3, 0.4) is 0 Å². The molecular formula is C17H35NaO4S. The van der Waals surface area contributed by atoms with Crippen LogP contribution < -0.4 is 29.6 Å². The minimum Gasteiger partial charge on any atom is -0.748 e. The average molecular weight is 359 g/mol. The van der Waals surface area contributed by atoms with Gasteiger partial charge in [-0.2, -0.15) is 0 Å². The van der Waals surface area contributed by atoms with Crippen molar-refractivity contribution in [1.82, 2.24) is 0 Å². The smallest absolute Gasteiger partial charge is 0.748 e. The number of aliphatic hydroxyl groups excluding tert-OH is 1. The van der Waals surface area contributed by atoms with E-state index in [-0.39, 0.29) is 42.6 Å². The first-order valence-corrected chi connectivity index (χ1v) is 10.5. The maximum atomic E-state index is 11.0. The van der Waals surface area contributed by atoms with Crippen molar-refractivity contribution < 1.29 is 47.6 Å². The Morgan fingerprint density at radius 1 is 0.783 bits per heavy atom. The monoisotopic (exact) mass is 358 g/mol. The van der Waals surface area contributed by atoms with Gasteiger partial charge >= 0.3 is 29.6 Å². The zero-order chi connectivity index (χ0) is 16.7. The Morgan fingerprint density at radius 3 is 1.52 bits per heavy atom. The SMILES string of the molecule is CCCCCCCCCCCCCCC(CCO)S(=O)(=O)[O-].[Na+]. The summed E-state index contributed by atoms with van der Waals surface area (Å²) in [6.07, 6.45) is 15.2. The fourth-order valence-corrected chi connectivity index (χ4v) is 3.64. The van der Waals surface area contributed by atoms with Crippen molar-refractivity contribution in [3.05, 3.63) is 0 Å². The van der Waals surface area contributed by atoms with Crippen molar-refractivity contribution >= 4 is 10.1 Å². The molecule has 0 aromatic carbocycles. The predicted molar refractivity (Wildman–Crippen MR) is 90.9 cm³/mol. The standard InChI is InChI=1S/C17H36O4S.Na/c1-2-3-4-5-6-7-8-9-10-11-12-13-14-17(15-16-18)22(19,20)21;/h17-18H,2-16H2,1H3,(H,19,20,21);/q;+1/p-1. The van der Waals surface area contributed by atoms with E-state index in [1.165, 1.54) is 57.8 Å². The number of unbranched alkanes of at least 4 members (excludes halogenated alkanes) is 11. The number of rotatable bonds is 16. The maximum Gasteiger partial charge on any atom is 1.00 e. The zero-order valence-electron chi connectivity index (χ0n) is 15.3. The Labute approximate surface area is 165 Å². The van der Waals surface area contributed by atoms with Crippen molar-refractivity contribution in [3.8, 4) is 0 Å². The minimum atomic E-state index is -4.25. The van der Waals surface area contributed by atoms with Gasteiger partial charge < -0.3 is 9.66 Å². The molecule has 0 amide bonds. The van der Waals surface area contributed by atoms with Gasteiger partial charge in [0.15, 0.2) is 0 Å². The second-order valence-corrected chi connectivity index (χ2v) is 7.96. The van der Waals surface area contributed by atoms with Crippen molar-refractivity contribution in [3.63, 3.8) is 0 Å². The van der Waals surface area contributed by atoms with E-state index in [9.17, 15) is 13.0 Å². The quantitative estimate of drug-likeness (QED) is 0.257. The van der Waals surface area contributed by atoms with Crippen LogP contribution in [0.5, 0.6) is 0 Å². The molecule has 0 saturated heterocycles. The van der Waals surface area contributed by atoms with E-state index in [1.807, 2.05) is 0 Å². The van der Waals surface area contributed by atoms with Crippen LogP contribution in [0.15, 0.2) is 0 Å². The first-order chi connectivity index (χ1) is 10.5. The molecular weight excluding hydrogens is 323 g/mol. The van der Waals surface area contributed by atoms with Crippen LogP contribution in [0.1, 0.15) is 96.8 Å². The Hall–Kier alpha value is 0.870. The number of aliphatic hydroxyl groups is 1. The first-order valence-electron chi connectivity index (χ1n) is 9.08. The van der Waals surface area contributed by atoms with Gasteiger partial charge in [0.1, 0.15) is 0 Å². The summed E-state index contributed by atoms with van der Waals surface area (Å²) in [4.78, 5) is 0. The van der Waals surface area contributed by atoms with Crippen LogP contribution in [0.4, 0.5) is 0 Å². The van der Waals surface area contributed by atoms with Gasteiger partial charge in [0.25, 0.3) is 0 Å². The minimum absolute atomic E-state index is 0. The Morgan fingerprint density at radius 2 is 1.17 bits per heavy atom.